The van der Waals surface area contributed by atoms with Crippen molar-refractivity contribution in [2.75, 3.05) is 4.90 Å². The van der Waals surface area contributed by atoms with Crippen molar-refractivity contribution >= 4 is 11.6 Å². The number of hydrogen-bond donors (Lipinski definition) is 0. The molecule has 2 nitrogen and oxygen atoms in total. The number of fused-ring (bicyclic) bond motifs is 1. The van der Waals surface area contributed by atoms with Crippen molar-refractivity contribution in [3.8, 4) is 0 Å². The van der Waals surface area contributed by atoms with E-state index in [1.165, 1.54) is 19.1 Å². The lowest BCUT2D eigenvalue weighted by molar-refractivity contribution is -0.137. The molecule has 0 N–H and O–H groups in total. The predicted octanol–water partition coefficient (Wildman–Crippen LogP) is 4.17. The van der Waals surface area contributed by atoms with E-state index in [9.17, 15) is 18.0 Å². The molecule has 0 fully saturated rings. The molecule has 0 unspecified atom stereocenters. The van der Waals surface area contributed by atoms with Gasteiger partial charge in [0.25, 0.3) is 0 Å². The van der Waals surface area contributed by atoms with E-state index in [1.54, 1.807) is 4.90 Å². The Morgan fingerprint density at radius 1 is 1.40 bits per heavy atom. The molecule has 1 aliphatic rings. The molecule has 1 atom stereocenters. The van der Waals surface area contributed by atoms with Gasteiger partial charge >= 0.3 is 6.18 Å². The van der Waals surface area contributed by atoms with Gasteiger partial charge in [0, 0.05) is 18.7 Å². The van der Waals surface area contributed by atoms with Crippen molar-refractivity contribution in [1.82, 2.24) is 0 Å². The smallest absolute Gasteiger partial charge is 0.309 e. The van der Waals surface area contributed by atoms with Gasteiger partial charge in [-0.2, -0.15) is 13.2 Å². The normalized spacial score (nSPS) is 18.2. The zero-order valence-electron chi connectivity index (χ0n) is 11.6. The molecule has 1 aromatic rings. The lowest BCUT2D eigenvalue weighted by atomic mass is 10.0. The first-order valence-corrected chi connectivity index (χ1v) is 6.84. The number of nitrogens with zero attached hydrogens (tertiary/aromatic N) is 1. The topological polar surface area (TPSA) is 20.3 Å². The van der Waals surface area contributed by atoms with Crippen molar-refractivity contribution in [3.63, 3.8) is 0 Å². The van der Waals surface area contributed by atoms with Crippen LogP contribution in [0.3, 0.4) is 0 Å². The molecule has 2 rings (SSSR count). The van der Waals surface area contributed by atoms with E-state index in [0.717, 1.165) is 25.3 Å². The van der Waals surface area contributed by atoms with Gasteiger partial charge in [0.15, 0.2) is 0 Å². The molecule has 0 saturated carbocycles. The van der Waals surface area contributed by atoms with E-state index in [1.807, 2.05) is 0 Å². The summed E-state index contributed by atoms with van der Waals surface area (Å²) in [6.07, 6.45) is -1.02. The standard InChI is InChI=1S/C15H18F3NO/c1-3-4-5-13-9-11-8-12(15(16,17)18)6-7-14(11)19(13)10(2)20/h6-8,13H,3-5,9H2,1-2H3/t13-/m1/s1. The summed E-state index contributed by atoms with van der Waals surface area (Å²) in [5.41, 5.74) is 0.610. The van der Waals surface area contributed by atoms with Crippen LogP contribution < -0.4 is 4.90 Å². The number of amides is 1. The number of halogens is 3. The van der Waals surface area contributed by atoms with Crippen molar-refractivity contribution in [3.05, 3.63) is 29.3 Å². The van der Waals surface area contributed by atoms with E-state index in [-0.39, 0.29) is 11.9 Å². The van der Waals surface area contributed by atoms with Crippen LogP contribution in [0, 0.1) is 0 Å². The van der Waals surface area contributed by atoms with Crippen LogP contribution in [-0.2, 0) is 17.4 Å². The third-order valence-electron chi connectivity index (χ3n) is 3.72. The average molecular weight is 285 g/mol. The third-order valence-corrected chi connectivity index (χ3v) is 3.72. The van der Waals surface area contributed by atoms with Crippen LogP contribution in [0.15, 0.2) is 18.2 Å². The Morgan fingerprint density at radius 3 is 2.65 bits per heavy atom. The van der Waals surface area contributed by atoms with Crippen LogP contribution in [-0.4, -0.2) is 11.9 Å². The first-order chi connectivity index (χ1) is 9.34. The Hall–Kier alpha value is -1.52. The predicted molar refractivity (Wildman–Crippen MR) is 71.6 cm³/mol. The maximum Gasteiger partial charge on any atom is 0.416 e. The van der Waals surface area contributed by atoms with E-state index in [2.05, 4.69) is 6.92 Å². The Bertz CT molecular complexity index is 510. The molecule has 1 amide bonds. The summed E-state index contributed by atoms with van der Waals surface area (Å²) in [7, 11) is 0. The molecule has 0 saturated heterocycles. The first kappa shape index (κ1) is 14.9. The minimum absolute atomic E-state index is 0.00839. The second kappa shape index (κ2) is 5.46. The molecule has 5 heteroatoms. The van der Waals surface area contributed by atoms with Crippen molar-refractivity contribution < 1.29 is 18.0 Å². The van der Waals surface area contributed by atoms with E-state index in [4.69, 9.17) is 0 Å². The van der Waals surface area contributed by atoms with Gasteiger partial charge in [-0.1, -0.05) is 19.8 Å². The molecule has 0 aromatic heterocycles. The van der Waals surface area contributed by atoms with Gasteiger partial charge in [-0.25, -0.2) is 0 Å². The summed E-state index contributed by atoms with van der Waals surface area (Å²) in [5, 5.41) is 0. The Morgan fingerprint density at radius 2 is 2.10 bits per heavy atom. The fourth-order valence-corrected chi connectivity index (χ4v) is 2.80. The highest BCUT2D eigenvalue weighted by Gasteiger charge is 2.36. The molecular weight excluding hydrogens is 267 g/mol. The third kappa shape index (κ3) is 2.81. The van der Waals surface area contributed by atoms with Gasteiger partial charge in [0.2, 0.25) is 5.91 Å². The molecule has 0 radical (unpaired) electrons. The summed E-state index contributed by atoms with van der Waals surface area (Å²) >= 11 is 0. The van der Waals surface area contributed by atoms with Crippen LogP contribution in [0.4, 0.5) is 18.9 Å². The number of alkyl halides is 3. The minimum atomic E-state index is -4.34. The summed E-state index contributed by atoms with van der Waals surface area (Å²) in [6, 6.07) is 3.64. The minimum Gasteiger partial charge on any atom is -0.309 e. The first-order valence-electron chi connectivity index (χ1n) is 6.84. The summed E-state index contributed by atoms with van der Waals surface area (Å²) in [6.45, 7) is 3.52. The Balaban J connectivity index is 2.33. The number of rotatable bonds is 3. The summed E-state index contributed by atoms with van der Waals surface area (Å²) in [5.74, 6) is -0.107. The lowest BCUT2D eigenvalue weighted by Gasteiger charge is -2.24. The number of carbonyl (C=O) groups excluding carboxylic acids is 1. The molecule has 0 aliphatic carbocycles. The second-order valence-corrected chi connectivity index (χ2v) is 5.23. The van der Waals surface area contributed by atoms with Gasteiger partial charge < -0.3 is 4.90 Å². The maximum absolute atomic E-state index is 12.7. The van der Waals surface area contributed by atoms with Gasteiger partial charge in [-0.3, -0.25) is 4.79 Å². The number of anilines is 1. The van der Waals surface area contributed by atoms with E-state index >= 15 is 0 Å². The van der Waals surface area contributed by atoms with Crippen molar-refractivity contribution in [1.29, 1.82) is 0 Å². The van der Waals surface area contributed by atoms with Crippen LogP contribution >= 0.6 is 0 Å². The Kier molecular flexibility index (Phi) is 4.06. The second-order valence-electron chi connectivity index (χ2n) is 5.23. The van der Waals surface area contributed by atoms with Gasteiger partial charge in [0.1, 0.15) is 0 Å². The SMILES string of the molecule is CCCC[C@@H]1Cc2cc(C(F)(F)F)ccc2N1C(C)=O. The van der Waals surface area contributed by atoms with Gasteiger partial charge in [-0.05, 0) is 36.6 Å². The van der Waals surface area contributed by atoms with Gasteiger partial charge in [0.05, 0.1) is 5.56 Å². The fourth-order valence-electron chi connectivity index (χ4n) is 2.80. The molecule has 0 spiro atoms. The Labute approximate surface area is 116 Å². The average Bonchev–Trinajstić information content (AvgIpc) is 2.72. The number of unbranched alkanes of at least 4 members (excludes halogenated alkanes) is 1. The maximum atomic E-state index is 12.7. The van der Waals surface area contributed by atoms with Crippen LogP contribution in [0.25, 0.3) is 0 Å². The van der Waals surface area contributed by atoms with Crippen molar-refractivity contribution in [2.45, 2.75) is 51.7 Å². The van der Waals surface area contributed by atoms with E-state index < -0.39 is 11.7 Å². The summed E-state index contributed by atoms with van der Waals surface area (Å²) < 4.78 is 38.2. The van der Waals surface area contributed by atoms with Crippen LogP contribution in [0.2, 0.25) is 0 Å². The molecule has 0 bridgehead atoms. The quantitative estimate of drug-likeness (QED) is 0.816. The van der Waals surface area contributed by atoms with Crippen LogP contribution in [0.1, 0.15) is 44.2 Å². The molecule has 1 aliphatic heterocycles. The number of benzene rings is 1. The zero-order valence-corrected chi connectivity index (χ0v) is 11.6. The summed E-state index contributed by atoms with van der Waals surface area (Å²) in [4.78, 5) is 13.4. The van der Waals surface area contributed by atoms with Gasteiger partial charge in [-0.15, -0.1) is 0 Å². The highest BCUT2D eigenvalue weighted by atomic mass is 19.4. The number of carbonyl (C=O) groups is 1. The number of hydrogen-bond acceptors (Lipinski definition) is 1. The molecule has 110 valence electrons. The molecular formula is C15H18F3NO. The molecule has 1 aromatic carbocycles. The monoisotopic (exact) mass is 285 g/mol. The van der Waals surface area contributed by atoms with Crippen molar-refractivity contribution in [2.24, 2.45) is 0 Å². The highest BCUT2D eigenvalue weighted by molar-refractivity contribution is 5.94. The zero-order chi connectivity index (χ0) is 14.9. The highest BCUT2D eigenvalue weighted by Crippen LogP contribution is 2.38. The molecule has 20 heavy (non-hydrogen) atoms. The largest absolute Gasteiger partial charge is 0.416 e. The van der Waals surface area contributed by atoms with Crippen LogP contribution in [0.5, 0.6) is 0 Å². The fraction of sp³-hybridized carbons (Fsp3) is 0.533. The lowest BCUT2D eigenvalue weighted by Crippen LogP contribution is -2.35. The van der Waals surface area contributed by atoms with E-state index in [0.29, 0.717) is 17.7 Å². The molecule has 1 heterocycles.